The van der Waals surface area contributed by atoms with Crippen LogP contribution in [0.4, 0.5) is 17.2 Å². The normalized spacial score (nSPS) is 13.1. The Hall–Kier alpha value is -5.42. The summed E-state index contributed by atoms with van der Waals surface area (Å²) in [6, 6.07) is 12.6. The molecule has 0 N–H and O–H groups in total. The topological polar surface area (TPSA) is 185 Å². The van der Waals surface area contributed by atoms with Crippen LogP contribution >= 0.6 is 15.9 Å². The van der Waals surface area contributed by atoms with E-state index in [4.69, 9.17) is 4.74 Å². The first kappa shape index (κ1) is 27.7. The molecule has 17 heteroatoms. The monoisotopic (exact) mass is 645 g/mol. The molecule has 5 heterocycles. The van der Waals surface area contributed by atoms with Gasteiger partial charge in [0.05, 0.1) is 59.2 Å². The molecule has 1 aliphatic rings. The lowest BCUT2D eigenvalue weighted by Gasteiger charge is -2.27. The summed E-state index contributed by atoms with van der Waals surface area (Å²) < 4.78 is 9.25. The van der Waals surface area contributed by atoms with Gasteiger partial charge in [-0.1, -0.05) is 24.3 Å². The average molecular weight is 646 g/mol. The van der Waals surface area contributed by atoms with Crippen molar-refractivity contribution in [2.24, 2.45) is 0 Å². The number of benzene rings is 2. The summed E-state index contributed by atoms with van der Waals surface area (Å²) in [5, 5.41) is 30.2. The molecule has 0 saturated carbocycles. The van der Waals surface area contributed by atoms with Gasteiger partial charge < -0.3 is 9.64 Å². The fourth-order valence-electron chi connectivity index (χ4n) is 4.36. The Kier molecular flexibility index (Phi) is 7.63. The van der Waals surface area contributed by atoms with Crippen molar-refractivity contribution in [1.29, 1.82) is 0 Å². The molecule has 1 fully saturated rings. The molecule has 2 aromatic carbocycles. The number of nitrogens with zero attached hydrogens (tertiary/aromatic N) is 11. The Morgan fingerprint density at radius 2 is 1.28 bits per heavy atom. The number of non-ortho nitro benzene ring substituents is 2. The van der Waals surface area contributed by atoms with Crippen LogP contribution in [-0.4, -0.2) is 75.3 Å². The lowest BCUT2D eigenvalue weighted by atomic mass is 10.1. The average Bonchev–Trinajstić information content (AvgIpc) is 3.64. The summed E-state index contributed by atoms with van der Waals surface area (Å²) in [6.45, 7) is 2.91. The highest BCUT2D eigenvalue weighted by Crippen LogP contribution is 2.24. The maximum absolute atomic E-state index is 10.9. The van der Waals surface area contributed by atoms with E-state index in [0.29, 0.717) is 51.9 Å². The molecule has 4 aromatic heterocycles. The highest BCUT2D eigenvalue weighted by Gasteiger charge is 2.17. The van der Waals surface area contributed by atoms with Crippen LogP contribution in [0.15, 0.2) is 77.9 Å². The van der Waals surface area contributed by atoms with Crippen molar-refractivity contribution in [3.05, 3.63) is 98.2 Å². The van der Waals surface area contributed by atoms with Crippen molar-refractivity contribution >= 4 is 44.7 Å². The van der Waals surface area contributed by atoms with Crippen molar-refractivity contribution in [1.82, 2.24) is 39.2 Å². The summed E-state index contributed by atoms with van der Waals surface area (Å²) in [4.78, 5) is 40.1. The fraction of sp³-hybridized carbons (Fsp3) is 0.154. The second-order valence-electron chi connectivity index (χ2n) is 9.12. The SMILES string of the molecule is O=[N+]([O-])c1cccc(-c2cnn3c(Br)cnc3n2)c1.O=[N+]([O-])c1cccc(-c2cnn3c(N4CCOCC4)cnc3n2)c1. The minimum atomic E-state index is -0.443. The molecule has 0 aliphatic carbocycles. The van der Waals surface area contributed by atoms with Crippen molar-refractivity contribution in [2.45, 2.75) is 0 Å². The zero-order chi connectivity index (χ0) is 29.9. The van der Waals surface area contributed by atoms with Crippen molar-refractivity contribution < 1.29 is 14.6 Å². The number of ether oxygens (including phenoxy) is 1. The molecule has 6 aromatic rings. The standard InChI is InChI=1S/C15H14N6O3.C11H6BrN5O2/c22-21(23)12-3-1-2-11(8-12)13-9-17-20-14(10-16-15(20)18-13)19-4-6-24-7-5-19;12-10-6-13-11-15-9(5-14-16(10)11)7-2-1-3-8(4-7)17(18)19/h1-3,8-10H,4-7H2;1-6H. The third kappa shape index (κ3) is 5.84. The van der Waals surface area contributed by atoms with Gasteiger partial charge in [-0.25, -0.2) is 19.9 Å². The Bertz CT molecular complexity index is 1970. The van der Waals surface area contributed by atoms with E-state index in [1.165, 1.54) is 28.8 Å². The third-order valence-electron chi connectivity index (χ3n) is 6.45. The molecule has 0 amide bonds. The molecule has 0 unspecified atom stereocenters. The van der Waals surface area contributed by atoms with E-state index in [0.717, 1.165) is 18.9 Å². The van der Waals surface area contributed by atoms with E-state index in [1.807, 2.05) is 0 Å². The molecule has 0 atom stereocenters. The Morgan fingerprint density at radius 1 is 0.744 bits per heavy atom. The first-order valence-corrected chi connectivity index (χ1v) is 13.6. The van der Waals surface area contributed by atoms with Gasteiger partial charge in [-0.15, -0.1) is 0 Å². The molecule has 0 spiro atoms. The van der Waals surface area contributed by atoms with Gasteiger partial charge in [-0.3, -0.25) is 20.2 Å². The molecule has 16 nitrogen and oxygen atoms in total. The van der Waals surface area contributed by atoms with Crippen LogP contribution in [0.2, 0.25) is 0 Å². The number of anilines is 1. The van der Waals surface area contributed by atoms with E-state index in [1.54, 1.807) is 53.6 Å². The summed E-state index contributed by atoms with van der Waals surface area (Å²) in [7, 11) is 0. The van der Waals surface area contributed by atoms with Crippen molar-refractivity contribution in [2.75, 3.05) is 31.2 Å². The zero-order valence-electron chi connectivity index (χ0n) is 22.1. The molecular formula is C26H20BrN11O5. The van der Waals surface area contributed by atoms with Gasteiger partial charge in [-0.05, 0) is 15.9 Å². The van der Waals surface area contributed by atoms with Crippen LogP contribution < -0.4 is 4.90 Å². The van der Waals surface area contributed by atoms with Crippen molar-refractivity contribution in [3.63, 3.8) is 0 Å². The van der Waals surface area contributed by atoms with Gasteiger partial charge in [-0.2, -0.15) is 19.2 Å². The third-order valence-corrected chi connectivity index (χ3v) is 6.99. The van der Waals surface area contributed by atoms with Gasteiger partial charge in [0, 0.05) is 48.5 Å². The molecule has 43 heavy (non-hydrogen) atoms. The number of nitro groups is 2. The van der Waals surface area contributed by atoms with E-state index < -0.39 is 9.85 Å². The lowest BCUT2D eigenvalue weighted by molar-refractivity contribution is -0.385. The zero-order valence-corrected chi connectivity index (χ0v) is 23.7. The highest BCUT2D eigenvalue weighted by atomic mass is 79.9. The molecule has 7 rings (SSSR count). The predicted molar refractivity (Wildman–Crippen MR) is 156 cm³/mol. The van der Waals surface area contributed by atoms with Crippen LogP contribution in [0.3, 0.4) is 0 Å². The summed E-state index contributed by atoms with van der Waals surface area (Å²) in [5.41, 5.74) is 2.38. The first-order valence-electron chi connectivity index (χ1n) is 12.8. The number of hydrogen-bond donors (Lipinski definition) is 0. The lowest BCUT2D eigenvalue weighted by Crippen LogP contribution is -2.37. The summed E-state index contributed by atoms with van der Waals surface area (Å²) in [6.07, 6.45) is 6.46. The number of aromatic nitrogens is 8. The van der Waals surface area contributed by atoms with Crippen LogP contribution in [0.1, 0.15) is 0 Å². The highest BCUT2D eigenvalue weighted by molar-refractivity contribution is 9.10. The maximum Gasteiger partial charge on any atom is 0.270 e. The fourth-order valence-corrected chi connectivity index (χ4v) is 4.71. The van der Waals surface area contributed by atoms with E-state index in [2.05, 4.69) is 51.0 Å². The number of nitro benzene ring substituents is 2. The molecule has 1 aliphatic heterocycles. The van der Waals surface area contributed by atoms with Gasteiger partial charge >= 0.3 is 0 Å². The first-order chi connectivity index (χ1) is 20.9. The second-order valence-corrected chi connectivity index (χ2v) is 9.93. The molecular weight excluding hydrogens is 626 g/mol. The number of rotatable bonds is 5. The number of halogens is 1. The maximum atomic E-state index is 10.9. The molecule has 0 bridgehead atoms. The van der Waals surface area contributed by atoms with E-state index in [9.17, 15) is 20.2 Å². The Morgan fingerprint density at radius 3 is 1.86 bits per heavy atom. The van der Waals surface area contributed by atoms with Crippen LogP contribution in [0.25, 0.3) is 34.1 Å². The Balaban J connectivity index is 0.000000157. The van der Waals surface area contributed by atoms with Gasteiger partial charge in [0.2, 0.25) is 0 Å². The van der Waals surface area contributed by atoms with Crippen LogP contribution in [0, 0.1) is 20.2 Å². The minimum Gasteiger partial charge on any atom is -0.378 e. The number of hydrogen-bond acceptors (Lipinski definition) is 12. The van der Waals surface area contributed by atoms with Gasteiger partial charge in [0.15, 0.2) is 5.82 Å². The summed E-state index contributed by atoms with van der Waals surface area (Å²) >= 11 is 3.29. The van der Waals surface area contributed by atoms with Crippen LogP contribution in [-0.2, 0) is 4.74 Å². The second kappa shape index (κ2) is 11.8. The predicted octanol–water partition coefficient (Wildman–Crippen LogP) is 4.00. The Labute approximate surface area is 250 Å². The van der Waals surface area contributed by atoms with Crippen molar-refractivity contribution in [3.8, 4) is 22.5 Å². The number of morpholine rings is 1. The molecule has 0 radical (unpaired) electrons. The number of fused-ring (bicyclic) bond motifs is 2. The number of imidazole rings is 2. The largest absolute Gasteiger partial charge is 0.378 e. The molecule has 1 saturated heterocycles. The van der Waals surface area contributed by atoms with Gasteiger partial charge in [0.1, 0.15) is 4.60 Å². The van der Waals surface area contributed by atoms with E-state index >= 15 is 0 Å². The van der Waals surface area contributed by atoms with E-state index in [-0.39, 0.29) is 11.4 Å². The summed E-state index contributed by atoms with van der Waals surface area (Å²) in [5.74, 6) is 1.75. The quantitative estimate of drug-likeness (QED) is 0.194. The smallest absolute Gasteiger partial charge is 0.270 e. The minimum absolute atomic E-state index is 0.0173. The van der Waals surface area contributed by atoms with Gasteiger partial charge in [0.25, 0.3) is 22.9 Å². The molecule has 216 valence electrons. The van der Waals surface area contributed by atoms with Crippen LogP contribution in [0.5, 0.6) is 0 Å².